The van der Waals surface area contributed by atoms with E-state index in [1.807, 2.05) is 42.5 Å². The van der Waals surface area contributed by atoms with Crippen molar-refractivity contribution in [3.63, 3.8) is 0 Å². The highest BCUT2D eigenvalue weighted by Crippen LogP contribution is 2.40. The lowest BCUT2D eigenvalue weighted by Gasteiger charge is -2.32. The molecule has 4 aromatic rings. The number of carbonyl (C=O) groups excluding carboxylic acids is 7. The van der Waals surface area contributed by atoms with Crippen molar-refractivity contribution in [2.75, 3.05) is 53.1 Å². The van der Waals surface area contributed by atoms with Gasteiger partial charge in [-0.25, -0.2) is 4.39 Å². The normalized spacial score (nSPS) is 19.8. The maximum absolute atomic E-state index is 16.2. The molecular weight excluding hydrogens is 935 g/mol. The molecule has 0 spiro atoms. The Morgan fingerprint density at radius 1 is 0.831 bits per heavy atom. The molecule has 4 aromatic carbocycles. The lowest BCUT2D eigenvalue weighted by Crippen LogP contribution is -2.54. The van der Waals surface area contributed by atoms with Crippen LogP contribution in [0.4, 0.5) is 4.39 Å². The van der Waals surface area contributed by atoms with Gasteiger partial charge in [0, 0.05) is 73.7 Å². The van der Waals surface area contributed by atoms with Crippen LogP contribution in [0.5, 0.6) is 11.5 Å². The molecule has 16 nitrogen and oxygen atoms in total. The molecule has 1 aliphatic carbocycles. The van der Waals surface area contributed by atoms with Crippen LogP contribution in [0, 0.1) is 17.7 Å². The highest BCUT2D eigenvalue weighted by Gasteiger charge is 2.45. The molecule has 4 aliphatic rings. The molecule has 3 aliphatic heterocycles. The number of methoxy groups -OCH3 is 1. The maximum atomic E-state index is 16.2. The summed E-state index contributed by atoms with van der Waals surface area (Å²) in [7, 11) is 1.52. The summed E-state index contributed by atoms with van der Waals surface area (Å²) in [6.07, 6.45) is 5.57. The Morgan fingerprint density at radius 2 is 1.58 bits per heavy atom. The van der Waals surface area contributed by atoms with Crippen LogP contribution >= 0.6 is 11.6 Å². The number of piperidine rings is 2. The third-order valence-electron chi connectivity index (χ3n) is 14.1. The molecule has 374 valence electrons. The zero-order valence-corrected chi connectivity index (χ0v) is 40.3. The van der Waals surface area contributed by atoms with Crippen LogP contribution in [0.25, 0.3) is 11.1 Å². The summed E-state index contributed by atoms with van der Waals surface area (Å²) in [4.78, 5) is 91.8. The fourth-order valence-corrected chi connectivity index (χ4v) is 10.3. The van der Waals surface area contributed by atoms with E-state index in [4.69, 9.17) is 31.5 Å². The molecule has 0 radical (unpaired) electrons. The van der Waals surface area contributed by atoms with E-state index in [9.17, 15) is 33.6 Å². The van der Waals surface area contributed by atoms with Crippen LogP contribution in [0.15, 0.2) is 78.9 Å². The van der Waals surface area contributed by atoms with Gasteiger partial charge in [-0.3, -0.25) is 43.8 Å². The third-order valence-corrected chi connectivity index (χ3v) is 14.4. The van der Waals surface area contributed by atoms with Crippen LogP contribution in [0.1, 0.15) is 106 Å². The number of benzene rings is 4. The van der Waals surface area contributed by atoms with Crippen molar-refractivity contribution < 1.29 is 52.2 Å². The van der Waals surface area contributed by atoms with Crippen LogP contribution in [0.2, 0.25) is 5.02 Å². The van der Waals surface area contributed by atoms with E-state index >= 15 is 4.39 Å². The van der Waals surface area contributed by atoms with Crippen molar-refractivity contribution in [1.29, 1.82) is 0 Å². The summed E-state index contributed by atoms with van der Waals surface area (Å²) in [6.45, 7) is 2.31. The van der Waals surface area contributed by atoms with Gasteiger partial charge >= 0.3 is 0 Å². The third kappa shape index (κ3) is 11.8. The van der Waals surface area contributed by atoms with E-state index in [1.165, 1.54) is 37.4 Å². The van der Waals surface area contributed by atoms with Crippen LogP contribution in [-0.2, 0) is 23.9 Å². The van der Waals surface area contributed by atoms with Crippen molar-refractivity contribution in [3.8, 4) is 22.6 Å². The standard InChI is InChI=1S/C53H58ClFN6O10/c1-69-25-26-70-44-17-14-38(49(56)64)47(48(44)55)40-27-34(9-15-42(40)54)41(32-5-3-2-4-6-32)29-58-35-10-7-33(8-11-35)50(65)57-22-19-31-20-23-60(24-21-31)46(63)30-71-36-12-13-37-39(28-36)53(68)61(52(37)67)43-16-18-45(62)59-51(43)66/h2-6,9,12-15,17,27-28,31,33,35,41,43,58H,7-8,10-11,16,18-26,29-30H2,1H3,(H2,56,64)(H,57,65)(H,59,62,66). The molecule has 0 bridgehead atoms. The number of hydrogen-bond donors (Lipinski definition) is 4. The zero-order valence-electron chi connectivity index (χ0n) is 39.5. The number of hydrogen-bond acceptors (Lipinski definition) is 11. The number of fused-ring (bicyclic) bond motifs is 1. The first-order valence-corrected chi connectivity index (χ1v) is 24.5. The van der Waals surface area contributed by atoms with E-state index in [1.54, 1.807) is 11.0 Å². The van der Waals surface area contributed by atoms with Crippen molar-refractivity contribution >= 4 is 53.0 Å². The Bertz CT molecular complexity index is 2670. The number of nitrogens with one attached hydrogen (secondary N) is 3. The molecule has 2 saturated heterocycles. The topological polar surface area (TPSA) is 216 Å². The quantitative estimate of drug-likeness (QED) is 0.0653. The van der Waals surface area contributed by atoms with Crippen LogP contribution < -0.4 is 31.2 Å². The lowest BCUT2D eigenvalue weighted by molar-refractivity contribution is -0.136. The second-order valence-corrected chi connectivity index (χ2v) is 18.9. The maximum Gasteiger partial charge on any atom is 0.262 e. The number of imide groups is 2. The van der Waals surface area contributed by atoms with Gasteiger partial charge < -0.3 is 35.5 Å². The lowest BCUT2D eigenvalue weighted by atomic mass is 9.84. The molecule has 2 atom stereocenters. The Labute approximate surface area is 416 Å². The summed E-state index contributed by atoms with van der Waals surface area (Å²) >= 11 is 6.73. The predicted molar refractivity (Wildman–Crippen MR) is 260 cm³/mol. The fourth-order valence-electron chi connectivity index (χ4n) is 10.1. The molecule has 71 heavy (non-hydrogen) atoms. The van der Waals surface area contributed by atoms with Gasteiger partial charge in [-0.15, -0.1) is 0 Å². The number of nitrogens with two attached hydrogens (primary N) is 1. The summed E-state index contributed by atoms with van der Waals surface area (Å²) in [6, 6.07) is 21.7. The first-order chi connectivity index (χ1) is 34.3. The zero-order chi connectivity index (χ0) is 50.2. The molecule has 8 rings (SSSR count). The molecule has 2 unspecified atom stereocenters. The molecule has 0 aromatic heterocycles. The van der Waals surface area contributed by atoms with E-state index < -0.39 is 41.4 Å². The summed E-state index contributed by atoms with van der Waals surface area (Å²) in [5.74, 6) is -3.81. The molecule has 7 amide bonds. The fraction of sp³-hybridized carbons (Fsp3) is 0.415. The number of nitrogens with zero attached hydrogens (tertiary/aromatic N) is 2. The molecule has 3 fully saturated rings. The number of likely N-dealkylation sites (tertiary alicyclic amines) is 1. The second-order valence-electron chi connectivity index (χ2n) is 18.5. The number of primary amides is 1. The van der Waals surface area contributed by atoms with Gasteiger partial charge in [0.15, 0.2) is 18.2 Å². The second kappa shape index (κ2) is 23.0. The van der Waals surface area contributed by atoms with Crippen LogP contribution in [0.3, 0.4) is 0 Å². The van der Waals surface area contributed by atoms with Gasteiger partial charge in [0.1, 0.15) is 18.4 Å². The number of rotatable bonds is 19. The predicted octanol–water partition coefficient (Wildman–Crippen LogP) is 5.78. The summed E-state index contributed by atoms with van der Waals surface area (Å²) < 4.78 is 32.6. The highest BCUT2D eigenvalue weighted by atomic mass is 35.5. The molecular formula is C53H58ClFN6O10. The minimum Gasteiger partial charge on any atom is -0.488 e. The van der Waals surface area contributed by atoms with Gasteiger partial charge in [-0.05, 0) is 111 Å². The van der Waals surface area contributed by atoms with Gasteiger partial charge in [0.25, 0.3) is 17.7 Å². The smallest absolute Gasteiger partial charge is 0.262 e. The molecule has 3 heterocycles. The Balaban J connectivity index is 0.776. The number of carbonyl (C=O) groups is 7. The highest BCUT2D eigenvalue weighted by molar-refractivity contribution is 6.33. The van der Waals surface area contributed by atoms with Gasteiger partial charge in [-0.1, -0.05) is 48.0 Å². The first kappa shape index (κ1) is 50.7. The number of halogens is 2. The van der Waals surface area contributed by atoms with Crippen LogP contribution in [-0.4, -0.2) is 116 Å². The average molecular weight is 994 g/mol. The monoisotopic (exact) mass is 992 g/mol. The van der Waals surface area contributed by atoms with E-state index in [0.29, 0.717) is 37.7 Å². The van der Waals surface area contributed by atoms with Crippen molar-refractivity contribution in [3.05, 3.63) is 118 Å². The minimum absolute atomic E-state index is 0.0181. The van der Waals surface area contributed by atoms with Crippen molar-refractivity contribution in [2.24, 2.45) is 17.6 Å². The first-order valence-electron chi connectivity index (χ1n) is 24.2. The number of amides is 7. The minimum atomic E-state index is -1.07. The van der Waals surface area contributed by atoms with E-state index in [-0.39, 0.29) is 101 Å². The van der Waals surface area contributed by atoms with E-state index in [2.05, 4.69) is 16.0 Å². The van der Waals surface area contributed by atoms with Gasteiger partial charge in [-0.2, -0.15) is 0 Å². The van der Waals surface area contributed by atoms with Gasteiger partial charge in [0.05, 0.1) is 23.3 Å². The number of ether oxygens (including phenoxy) is 3. The van der Waals surface area contributed by atoms with Crippen molar-refractivity contribution in [2.45, 2.75) is 75.8 Å². The molecule has 5 N–H and O–H groups in total. The molecule has 18 heteroatoms. The molecule has 1 saturated carbocycles. The Kier molecular flexibility index (Phi) is 16.4. The summed E-state index contributed by atoms with van der Waals surface area (Å²) in [5, 5.41) is 9.34. The largest absolute Gasteiger partial charge is 0.488 e. The van der Waals surface area contributed by atoms with Crippen molar-refractivity contribution in [1.82, 2.24) is 25.8 Å². The summed E-state index contributed by atoms with van der Waals surface area (Å²) in [5.41, 5.74) is 8.10. The average Bonchev–Trinajstić information content (AvgIpc) is 3.62. The SMILES string of the molecule is COCCOc1ccc(C(N)=O)c(-c2cc(C(CNC3CCC(C(=O)NCCC4CCN(C(=O)COc5ccc6c(c5)C(=O)N(C5CCC(=O)NC5=O)C6=O)CC4)CC3)c3ccccc3)ccc2Cl)c1F. The Morgan fingerprint density at radius 3 is 2.30 bits per heavy atom. The van der Waals surface area contributed by atoms with Gasteiger partial charge in [0.2, 0.25) is 23.6 Å². The Hall–Kier alpha value is -6.69. The van der Waals surface area contributed by atoms with E-state index in [0.717, 1.165) is 61.0 Å².